The number of carbonyl (C=O) groups excluding carboxylic acids is 1. The Morgan fingerprint density at radius 2 is 2.00 bits per heavy atom. The maximum absolute atomic E-state index is 12.8. The van der Waals surface area contributed by atoms with Gasteiger partial charge in [0.05, 0.1) is 12.2 Å². The van der Waals surface area contributed by atoms with Crippen LogP contribution in [0.15, 0.2) is 24.3 Å². The molecule has 0 aliphatic carbocycles. The first kappa shape index (κ1) is 20.7. The zero-order chi connectivity index (χ0) is 21.3. The Balaban J connectivity index is 1.99. The fraction of sp³-hybridized carbons (Fsp3) is 0.353. The Bertz CT molecular complexity index is 981. The highest BCUT2D eigenvalue weighted by Gasteiger charge is 2.45. The number of ether oxygens (including phenoxy) is 1. The van der Waals surface area contributed by atoms with E-state index >= 15 is 0 Å². The van der Waals surface area contributed by atoms with E-state index in [1.807, 2.05) is 0 Å². The van der Waals surface area contributed by atoms with Gasteiger partial charge in [0.1, 0.15) is 18.3 Å². The predicted molar refractivity (Wildman–Crippen MR) is 89.0 cm³/mol. The topological polar surface area (TPSA) is 144 Å². The average Bonchev–Trinajstić information content (AvgIpc) is 3.21. The smallest absolute Gasteiger partial charge is 0.394 e. The Morgan fingerprint density at radius 1 is 1.28 bits per heavy atom. The molecule has 1 aliphatic heterocycles. The van der Waals surface area contributed by atoms with E-state index in [0.29, 0.717) is 0 Å². The van der Waals surface area contributed by atoms with E-state index in [-0.39, 0.29) is 11.4 Å². The van der Waals surface area contributed by atoms with Crippen LogP contribution in [0.4, 0.5) is 13.2 Å². The van der Waals surface area contributed by atoms with Crippen molar-refractivity contribution in [3.05, 3.63) is 47.0 Å². The number of aliphatic hydroxyl groups is 3. The standard InChI is InChI=1S/C17H15F3N4O5/c18-17(19,20)9-3-1-2-8(6-9)4-5-11-22-15(14(21)28)23-24(11)16-13(27)12(26)10(7-25)29-16/h1-3,6,10,12-13,16,25-27H,7H2,(H2,21,28)/t10?,12-,13-,16?/m0/s1. The highest BCUT2D eigenvalue weighted by Crippen LogP contribution is 2.30. The number of aromatic nitrogens is 3. The summed E-state index contributed by atoms with van der Waals surface area (Å²) in [6.07, 6.45) is -10.0. The van der Waals surface area contributed by atoms with E-state index in [9.17, 15) is 33.3 Å². The molecule has 2 unspecified atom stereocenters. The molecule has 2 aromatic rings. The van der Waals surface area contributed by atoms with E-state index < -0.39 is 54.6 Å². The summed E-state index contributed by atoms with van der Waals surface area (Å²) < 4.78 is 44.7. The number of primary amides is 1. The number of alkyl halides is 3. The van der Waals surface area contributed by atoms with Gasteiger partial charge in [-0.3, -0.25) is 4.79 Å². The maximum atomic E-state index is 12.8. The molecule has 1 amide bonds. The molecule has 5 N–H and O–H groups in total. The number of hydrogen-bond acceptors (Lipinski definition) is 7. The van der Waals surface area contributed by atoms with E-state index in [1.54, 1.807) is 0 Å². The molecular formula is C17H15F3N4O5. The summed E-state index contributed by atoms with van der Waals surface area (Å²) in [6, 6.07) is 4.23. The minimum Gasteiger partial charge on any atom is -0.394 e. The molecule has 1 aliphatic rings. The lowest BCUT2D eigenvalue weighted by molar-refractivity contribution is -0.137. The fourth-order valence-electron chi connectivity index (χ4n) is 2.67. The molecule has 12 heteroatoms. The monoisotopic (exact) mass is 412 g/mol. The normalized spacial score (nSPS) is 24.2. The molecule has 29 heavy (non-hydrogen) atoms. The van der Waals surface area contributed by atoms with Crippen LogP contribution in [0, 0.1) is 11.8 Å². The van der Waals surface area contributed by atoms with Crippen molar-refractivity contribution in [2.24, 2.45) is 5.73 Å². The van der Waals surface area contributed by atoms with Gasteiger partial charge < -0.3 is 25.8 Å². The molecule has 0 saturated carbocycles. The lowest BCUT2D eigenvalue weighted by Gasteiger charge is -2.15. The van der Waals surface area contributed by atoms with Gasteiger partial charge in [-0.1, -0.05) is 12.0 Å². The van der Waals surface area contributed by atoms with E-state index in [2.05, 4.69) is 21.9 Å². The third-order valence-corrected chi connectivity index (χ3v) is 4.12. The minimum absolute atomic E-state index is 0.0103. The molecule has 9 nitrogen and oxygen atoms in total. The second-order valence-corrected chi connectivity index (χ2v) is 6.13. The molecule has 1 fully saturated rings. The summed E-state index contributed by atoms with van der Waals surface area (Å²) in [5.74, 6) is 3.19. The van der Waals surface area contributed by atoms with Crippen molar-refractivity contribution in [1.82, 2.24) is 14.8 Å². The summed E-state index contributed by atoms with van der Waals surface area (Å²) in [5, 5.41) is 33.0. The van der Waals surface area contributed by atoms with Crippen LogP contribution in [0.5, 0.6) is 0 Å². The molecule has 0 bridgehead atoms. The number of rotatable bonds is 3. The Hall–Kier alpha value is -2.98. The molecule has 0 spiro atoms. The molecule has 1 saturated heterocycles. The van der Waals surface area contributed by atoms with Crippen LogP contribution in [-0.2, 0) is 10.9 Å². The van der Waals surface area contributed by atoms with Crippen molar-refractivity contribution in [2.75, 3.05) is 6.61 Å². The lowest BCUT2D eigenvalue weighted by atomic mass is 10.1. The second-order valence-electron chi connectivity index (χ2n) is 6.13. The number of aliphatic hydroxyl groups excluding tert-OH is 3. The van der Waals surface area contributed by atoms with Gasteiger partial charge in [-0.15, -0.1) is 5.10 Å². The van der Waals surface area contributed by atoms with Crippen LogP contribution in [0.25, 0.3) is 0 Å². The minimum atomic E-state index is -4.55. The Kier molecular flexibility index (Phi) is 5.58. The summed E-state index contributed by atoms with van der Waals surface area (Å²) in [4.78, 5) is 15.2. The SMILES string of the molecule is NC(=O)c1nc(C#Cc2cccc(C(F)(F)F)c2)n(C2OC(CO)[C@H](O)[C@@H]2O)n1. The third-order valence-electron chi connectivity index (χ3n) is 4.12. The van der Waals surface area contributed by atoms with Crippen LogP contribution in [-0.4, -0.2) is 60.9 Å². The molecular weight excluding hydrogens is 397 g/mol. The van der Waals surface area contributed by atoms with Crippen molar-refractivity contribution < 1.29 is 38.0 Å². The van der Waals surface area contributed by atoms with Crippen LogP contribution in [0.3, 0.4) is 0 Å². The molecule has 1 aromatic heterocycles. The number of hydrogen-bond donors (Lipinski definition) is 4. The highest BCUT2D eigenvalue weighted by atomic mass is 19.4. The predicted octanol–water partition coefficient (Wildman–Crippen LogP) is -0.593. The first-order valence-corrected chi connectivity index (χ1v) is 8.20. The molecule has 1 aromatic carbocycles. The van der Waals surface area contributed by atoms with Crippen molar-refractivity contribution in [3.63, 3.8) is 0 Å². The number of nitrogens with zero attached hydrogens (tertiary/aromatic N) is 3. The average molecular weight is 412 g/mol. The largest absolute Gasteiger partial charge is 0.416 e. The van der Waals surface area contributed by atoms with Crippen molar-refractivity contribution in [1.29, 1.82) is 0 Å². The van der Waals surface area contributed by atoms with Crippen molar-refractivity contribution >= 4 is 5.91 Å². The molecule has 154 valence electrons. The van der Waals surface area contributed by atoms with Gasteiger partial charge in [-0.05, 0) is 24.1 Å². The molecule has 0 radical (unpaired) electrons. The first-order chi connectivity index (χ1) is 13.6. The van der Waals surface area contributed by atoms with Gasteiger partial charge in [0.2, 0.25) is 11.6 Å². The summed E-state index contributed by atoms with van der Waals surface area (Å²) in [7, 11) is 0. The highest BCUT2D eigenvalue weighted by molar-refractivity contribution is 5.88. The fourth-order valence-corrected chi connectivity index (χ4v) is 2.67. The number of carbonyl (C=O) groups is 1. The summed E-state index contributed by atoms with van der Waals surface area (Å²) in [5.41, 5.74) is 4.26. The van der Waals surface area contributed by atoms with Crippen molar-refractivity contribution in [3.8, 4) is 11.8 Å². The maximum Gasteiger partial charge on any atom is 0.416 e. The number of nitrogens with two attached hydrogens (primary N) is 1. The summed E-state index contributed by atoms with van der Waals surface area (Å²) >= 11 is 0. The van der Waals surface area contributed by atoms with Gasteiger partial charge in [-0.2, -0.15) is 18.2 Å². The summed E-state index contributed by atoms with van der Waals surface area (Å²) in [6.45, 7) is -0.600. The first-order valence-electron chi connectivity index (χ1n) is 8.20. The number of halogens is 3. The van der Waals surface area contributed by atoms with Crippen LogP contribution in [0.1, 0.15) is 33.8 Å². The van der Waals surface area contributed by atoms with Crippen LogP contribution >= 0.6 is 0 Å². The van der Waals surface area contributed by atoms with Gasteiger partial charge in [0, 0.05) is 5.56 Å². The van der Waals surface area contributed by atoms with Gasteiger partial charge in [0.15, 0.2) is 6.23 Å². The molecule has 2 heterocycles. The zero-order valence-electron chi connectivity index (χ0n) is 14.5. The molecule has 4 atom stereocenters. The van der Waals surface area contributed by atoms with Crippen LogP contribution in [0.2, 0.25) is 0 Å². The third kappa shape index (κ3) is 4.22. The van der Waals surface area contributed by atoms with Gasteiger partial charge in [0.25, 0.3) is 5.91 Å². The van der Waals surface area contributed by atoms with Crippen LogP contribution < -0.4 is 5.73 Å². The quantitative estimate of drug-likeness (QED) is 0.493. The van der Waals surface area contributed by atoms with Crippen molar-refractivity contribution in [2.45, 2.75) is 30.7 Å². The Labute approximate surface area is 161 Å². The van der Waals surface area contributed by atoms with E-state index in [0.717, 1.165) is 16.8 Å². The molecule has 3 rings (SSSR count). The van der Waals surface area contributed by atoms with E-state index in [1.165, 1.54) is 12.1 Å². The van der Waals surface area contributed by atoms with Gasteiger partial charge >= 0.3 is 6.18 Å². The van der Waals surface area contributed by atoms with Gasteiger partial charge in [-0.25, -0.2) is 4.68 Å². The Morgan fingerprint density at radius 3 is 2.59 bits per heavy atom. The van der Waals surface area contributed by atoms with E-state index in [4.69, 9.17) is 10.5 Å². The zero-order valence-corrected chi connectivity index (χ0v) is 14.5. The number of amides is 1. The number of benzene rings is 1. The second kappa shape index (κ2) is 7.80. The lowest BCUT2D eigenvalue weighted by Crippen LogP contribution is -2.33.